The molecule has 1 heterocycles. The van der Waals surface area contributed by atoms with Crippen molar-refractivity contribution in [2.45, 2.75) is 11.4 Å². The van der Waals surface area contributed by atoms with Crippen LogP contribution in [0.25, 0.3) is 10.4 Å². The number of rotatable bonds is 6. The van der Waals surface area contributed by atoms with Crippen LogP contribution in [0.2, 0.25) is 0 Å². The van der Waals surface area contributed by atoms with Crippen molar-refractivity contribution in [3.05, 3.63) is 65.7 Å². The molecule has 120 valence electrons. The molecule has 0 spiro atoms. The van der Waals surface area contributed by atoms with Crippen molar-refractivity contribution < 1.29 is 4.74 Å². The summed E-state index contributed by atoms with van der Waals surface area (Å²) in [5, 5.41) is 10.1. The number of ether oxygens (including phenoxy) is 1. The van der Waals surface area contributed by atoms with E-state index in [1.165, 1.54) is 28.9 Å². The van der Waals surface area contributed by atoms with E-state index >= 15 is 0 Å². The standard InChI is InChI=1S/C19H16N2OS2/c1-23-19-17(13-20)18(24-21-19)15-7-9-16(10-8-15)22-12-11-14-5-3-2-4-6-14/h2-10H,11-12H2,1H3. The van der Waals surface area contributed by atoms with Gasteiger partial charge in [0.25, 0.3) is 0 Å². The molecular formula is C19H16N2OS2. The Morgan fingerprint density at radius 2 is 1.88 bits per heavy atom. The summed E-state index contributed by atoms with van der Waals surface area (Å²) in [6, 6.07) is 20.4. The number of thioether (sulfide) groups is 1. The Balaban J connectivity index is 1.65. The van der Waals surface area contributed by atoms with Gasteiger partial charge < -0.3 is 4.74 Å². The van der Waals surface area contributed by atoms with Crippen LogP contribution in [0.5, 0.6) is 5.75 Å². The minimum Gasteiger partial charge on any atom is -0.493 e. The predicted molar refractivity (Wildman–Crippen MR) is 99.7 cm³/mol. The molecule has 3 rings (SSSR count). The maximum atomic E-state index is 9.34. The average Bonchev–Trinajstić information content (AvgIpc) is 3.06. The van der Waals surface area contributed by atoms with E-state index in [-0.39, 0.29) is 0 Å². The summed E-state index contributed by atoms with van der Waals surface area (Å²) in [7, 11) is 0. The number of nitriles is 1. The molecule has 0 amide bonds. The molecule has 24 heavy (non-hydrogen) atoms. The predicted octanol–water partition coefficient (Wildman–Crippen LogP) is 5.03. The summed E-state index contributed by atoms with van der Waals surface area (Å²) < 4.78 is 10.1. The highest BCUT2D eigenvalue weighted by Gasteiger charge is 2.14. The van der Waals surface area contributed by atoms with Crippen molar-refractivity contribution >= 4 is 23.3 Å². The first-order valence-electron chi connectivity index (χ1n) is 7.52. The quantitative estimate of drug-likeness (QED) is 0.584. The molecule has 1 aromatic heterocycles. The molecule has 3 aromatic rings. The Kier molecular flexibility index (Phi) is 5.52. The second-order valence-electron chi connectivity index (χ2n) is 5.12. The lowest BCUT2D eigenvalue weighted by Gasteiger charge is -2.07. The van der Waals surface area contributed by atoms with Crippen molar-refractivity contribution in [2.24, 2.45) is 0 Å². The second-order valence-corrected chi connectivity index (χ2v) is 6.68. The number of nitrogens with zero attached hydrogens (tertiary/aromatic N) is 2. The summed E-state index contributed by atoms with van der Waals surface area (Å²) >= 11 is 2.87. The first-order chi connectivity index (χ1) is 11.8. The average molecular weight is 352 g/mol. The van der Waals surface area contributed by atoms with Crippen LogP contribution in [-0.4, -0.2) is 17.2 Å². The first-order valence-corrected chi connectivity index (χ1v) is 9.52. The second kappa shape index (κ2) is 8.00. The van der Waals surface area contributed by atoms with Gasteiger partial charge in [-0.25, -0.2) is 0 Å². The number of benzene rings is 2. The molecule has 0 N–H and O–H groups in total. The normalized spacial score (nSPS) is 10.3. The Morgan fingerprint density at radius 1 is 1.12 bits per heavy atom. The third-order valence-corrected chi connectivity index (χ3v) is 5.28. The maximum absolute atomic E-state index is 9.34. The molecule has 0 aliphatic carbocycles. The van der Waals surface area contributed by atoms with Crippen LogP contribution in [0.4, 0.5) is 0 Å². The minimum atomic E-state index is 0.643. The number of aromatic nitrogens is 1. The highest BCUT2D eigenvalue weighted by atomic mass is 32.2. The Bertz CT molecular complexity index is 836. The van der Waals surface area contributed by atoms with Gasteiger partial charge in [0.05, 0.1) is 11.5 Å². The van der Waals surface area contributed by atoms with Crippen molar-refractivity contribution in [1.29, 1.82) is 5.26 Å². The van der Waals surface area contributed by atoms with Gasteiger partial charge in [-0.05, 0) is 53.2 Å². The van der Waals surface area contributed by atoms with Crippen molar-refractivity contribution in [3.8, 4) is 22.3 Å². The molecule has 0 aliphatic rings. The van der Waals surface area contributed by atoms with Crippen LogP contribution in [-0.2, 0) is 6.42 Å². The lowest BCUT2D eigenvalue weighted by molar-refractivity contribution is 0.322. The van der Waals surface area contributed by atoms with Crippen LogP contribution in [0.1, 0.15) is 11.1 Å². The summed E-state index contributed by atoms with van der Waals surface area (Å²) in [5.74, 6) is 0.836. The van der Waals surface area contributed by atoms with Crippen molar-refractivity contribution in [2.75, 3.05) is 12.9 Å². The topological polar surface area (TPSA) is 45.9 Å². The van der Waals surface area contributed by atoms with Crippen molar-refractivity contribution in [3.63, 3.8) is 0 Å². The molecule has 0 saturated carbocycles. The van der Waals surface area contributed by atoms with E-state index in [1.54, 1.807) is 0 Å². The van der Waals surface area contributed by atoms with Gasteiger partial charge in [0.2, 0.25) is 0 Å². The van der Waals surface area contributed by atoms with E-state index in [0.717, 1.165) is 27.6 Å². The van der Waals surface area contributed by atoms with Gasteiger partial charge in [-0.15, -0.1) is 11.8 Å². The van der Waals surface area contributed by atoms with Gasteiger partial charge in [0.1, 0.15) is 22.4 Å². The SMILES string of the molecule is CSc1nsc(-c2ccc(OCCc3ccccc3)cc2)c1C#N. The monoisotopic (exact) mass is 352 g/mol. The van der Waals surface area contributed by atoms with E-state index < -0.39 is 0 Å². The summed E-state index contributed by atoms with van der Waals surface area (Å²) in [5.41, 5.74) is 2.92. The molecule has 0 aliphatic heterocycles. The fourth-order valence-electron chi connectivity index (χ4n) is 2.34. The lowest BCUT2D eigenvalue weighted by Crippen LogP contribution is -2.00. The third kappa shape index (κ3) is 3.78. The highest BCUT2D eigenvalue weighted by molar-refractivity contribution is 7.98. The largest absolute Gasteiger partial charge is 0.493 e. The van der Waals surface area contributed by atoms with Crippen molar-refractivity contribution in [1.82, 2.24) is 4.37 Å². The first kappa shape index (κ1) is 16.6. The summed E-state index contributed by atoms with van der Waals surface area (Å²) in [6.07, 6.45) is 2.82. The molecule has 2 aromatic carbocycles. The lowest BCUT2D eigenvalue weighted by atomic mass is 10.1. The van der Waals surface area contributed by atoms with E-state index in [9.17, 15) is 5.26 Å². The van der Waals surface area contributed by atoms with E-state index in [1.807, 2.05) is 48.7 Å². The maximum Gasteiger partial charge on any atom is 0.128 e. The smallest absolute Gasteiger partial charge is 0.128 e. The molecule has 0 saturated heterocycles. The minimum absolute atomic E-state index is 0.643. The molecule has 3 nitrogen and oxygen atoms in total. The zero-order valence-corrected chi connectivity index (χ0v) is 14.9. The van der Waals surface area contributed by atoms with Gasteiger partial charge in [-0.3, -0.25) is 0 Å². The van der Waals surface area contributed by atoms with Crippen LogP contribution in [0.3, 0.4) is 0 Å². The Labute approximate surface area is 150 Å². The van der Waals surface area contributed by atoms with Gasteiger partial charge in [0.15, 0.2) is 0 Å². The fraction of sp³-hybridized carbons (Fsp3) is 0.158. The third-order valence-electron chi connectivity index (χ3n) is 3.58. The van der Waals surface area contributed by atoms with Gasteiger partial charge >= 0.3 is 0 Å². The van der Waals surface area contributed by atoms with Crippen LogP contribution in [0, 0.1) is 11.3 Å². The summed E-state index contributed by atoms with van der Waals surface area (Å²) in [4.78, 5) is 0.915. The van der Waals surface area contributed by atoms with Crippen LogP contribution < -0.4 is 4.74 Å². The van der Waals surface area contributed by atoms with E-state index in [2.05, 4.69) is 22.6 Å². The molecule has 0 radical (unpaired) electrons. The highest BCUT2D eigenvalue weighted by Crippen LogP contribution is 2.34. The van der Waals surface area contributed by atoms with E-state index in [0.29, 0.717) is 12.2 Å². The fourth-order valence-corrected chi connectivity index (χ4v) is 3.91. The molecule has 0 bridgehead atoms. The number of hydrogen-bond acceptors (Lipinski definition) is 5. The van der Waals surface area contributed by atoms with Crippen LogP contribution >= 0.6 is 23.3 Å². The Hall–Kier alpha value is -2.29. The molecule has 0 fully saturated rings. The molecule has 5 heteroatoms. The van der Waals surface area contributed by atoms with E-state index in [4.69, 9.17) is 4.74 Å². The molecular weight excluding hydrogens is 336 g/mol. The molecule has 0 unspecified atom stereocenters. The van der Waals surface area contributed by atoms with Gasteiger partial charge in [-0.2, -0.15) is 9.64 Å². The zero-order valence-electron chi connectivity index (χ0n) is 13.2. The number of hydrogen-bond donors (Lipinski definition) is 0. The summed E-state index contributed by atoms with van der Waals surface area (Å²) in [6.45, 7) is 0.643. The molecule has 0 atom stereocenters. The van der Waals surface area contributed by atoms with Crippen LogP contribution in [0.15, 0.2) is 59.6 Å². The van der Waals surface area contributed by atoms with Gasteiger partial charge in [-0.1, -0.05) is 30.3 Å². The van der Waals surface area contributed by atoms with Gasteiger partial charge in [0, 0.05) is 6.42 Å². The Morgan fingerprint density at radius 3 is 2.54 bits per heavy atom. The zero-order chi connectivity index (χ0) is 16.8.